The number of carbonyl (C=O) groups is 1. The summed E-state index contributed by atoms with van der Waals surface area (Å²) in [5.74, 6) is 1.65. The highest BCUT2D eigenvalue weighted by molar-refractivity contribution is 5.87. The molecule has 0 saturated heterocycles. The molecule has 6 nitrogen and oxygen atoms in total. The Morgan fingerprint density at radius 1 is 1.09 bits per heavy atom. The van der Waals surface area contributed by atoms with Crippen molar-refractivity contribution < 1.29 is 19.0 Å². The van der Waals surface area contributed by atoms with E-state index in [1.807, 2.05) is 0 Å². The fourth-order valence-corrected chi connectivity index (χ4v) is 2.85. The summed E-state index contributed by atoms with van der Waals surface area (Å²) >= 11 is 0. The van der Waals surface area contributed by atoms with E-state index < -0.39 is 0 Å². The second kappa shape index (κ2) is 8.41. The highest BCUT2D eigenvalue weighted by Gasteiger charge is 2.20. The third kappa shape index (κ3) is 4.15. The van der Waals surface area contributed by atoms with Crippen LogP contribution in [0, 0.1) is 5.92 Å². The van der Waals surface area contributed by atoms with Crippen molar-refractivity contribution in [1.29, 1.82) is 0 Å². The molecule has 1 N–H and O–H groups in total. The molecule has 0 unspecified atom stereocenters. The quantitative estimate of drug-likeness (QED) is 0.646. The Balaban J connectivity index is 2.08. The number of methoxy groups -OCH3 is 3. The summed E-state index contributed by atoms with van der Waals surface area (Å²) in [5.41, 5.74) is 3.32. The Kier molecular flexibility index (Phi) is 6.26. The van der Waals surface area contributed by atoms with E-state index in [4.69, 9.17) is 14.2 Å². The van der Waals surface area contributed by atoms with Gasteiger partial charge in [-0.1, -0.05) is 19.3 Å². The van der Waals surface area contributed by atoms with Crippen LogP contribution in [0.25, 0.3) is 0 Å². The Morgan fingerprint density at radius 2 is 1.78 bits per heavy atom. The predicted molar refractivity (Wildman–Crippen MR) is 88.4 cm³/mol. The molecule has 0 spiro atoms. The van der Waals surface area contributed by atoms with E-state index in [1.165, 1.54) is 6.42 Å². The zero-order valence-corrected chi connectivity index (χ0v) is 13.9. The molecule has 1 saturated carbocycles. The molecule has 2 rings (SSSR count). The molecule has 1 aromatic carbocycles. The van der Waals surface area contributed by atoms with Crippen LogP contribution in [0.4, 0.5) is 0 Å². The van der Waals surface area contributed by atoms with Crippen molar-refractivity contribution in [3.63, 3.8) is 0 Å². The minimum atomic E-state index is -0.0135. The number of benzene rings is 1. The van der Waals surface area contributed by atoms with Gasteiger partial charge in [0, 0.05) is 11.5 Å². The lowest BCUT2D eigenvalue weighted by Gasteiger charge is -2.19. The van der Waals surface area contributed by atoms with Gasteiger partial charge in [0.1, 0.15) is 0 Å². The van der Waals surface area contributed by atoms with Crippen molar-refractivity contribution in [3.8, 4) is 17.2 Å². The van der Waals surface area contributed by atoms with Crippen molar-refractivity contribution in [2.75, 3.05) is 21.3 Å². The molecule has 0 aliphatic heterocycles. The van der Waals surface area contributed by atoms with Crippen molar-refractivity contribution in [2.24, 2.45) is 11.0 Å². The second-order valence-corrected chi connectivity index (χ2v) is 5.49. The average Bonchev–Trinajstić information content (AvgIpc) is 2.61. The number of ether oxygens (including phenoxy) is 3. The predicted octanol–water partition coefficient (Wildman–Crippen LogP) is 2.74. The zero-order chi connectivity index (χ0) is 16.7. The van der Waals surface area contributed by atoms with Gasteiger partial charge in [-0.25, -0.2) is 5.43 Å². The molecule has 1 amide bonds. The number of hydrogen-bond donors (Lipinski definition) is 1. The average molecular weight is 320 g/mol. The van der Waals surface area contributed by atoms with Crippen LogP contribution in [0.15, 0.2) is 17.2 Å². The highest BCUT2D eigenvalue weighted by atomic mass is 16.5. The number of nitrogens with zero attached hydrogens (tertiary/aromatic N) is 1. The number of hydrazone groups is 1. The van der Waals surface area contributed by atoms with Gasteiger partial charge in [0.05, 0.1) is 27.5 Å². The first-order valence-corrected chi connectivity index (χ1v) is 7.83. The molecule has 1 aliphatic carbocycles. The van der Waals surface area contributed by atoms with E-state index >= 15 is 0 Å². The van der Waals surface area contributed by atoms with Gasteiger partial charge in [-0.3, -0.25) is 4.79 Å². The van der Waals surface area contributed by atoms with Crippen LogP contribution in [0.1, 0.15) is 37.7 Å². The van der Waals surface area contributed by atoms with Gasteiger partial charge in [0.2, 0.25) is 11.7 Å². The van der Waals surface area contributed by atoms with Crippen molar-refractivity contribution in [2.45, 2.75) is 32.1 Å². The minimum absolute atomic E-state index is 0.0135. The normalized spacial score (nSPS) is 15.4. The van der Waals surface area contributed by atoms with Gasteiger partial charge in [0.15, 0.2) is 11.5 Å². The summed E-state index contributed by atoms with van der Waals surface area (Å²) in [6.45, 7) is 0. The summed E-state index contributed by atoms with van der Waals surface area (Å²) < 4.78 is 15.9. The standard InChI is InChI=1S/C17H24N2O4/c1-21-14-10-9-13(15(22-2)16(14)23-3)11-18-19-17(20)12-7-5-4-6-8-12/h9-12H,4-8H2,1-3H3,(H,19,20)/b18-11+. The molecule has 0 aromatic heterocycles. The first kappa shape index (κ1) is 17.1. The summed E-state index contributed by atoms with van der Waals surface area (Å²) in [6, 6.07) is 3.57. The summed E-state index contributed by atoms with van der Waals surface area (Å²) in [6.07, 6.45) is 6.90. The first-order chi connectivity index (χ1) is 11.2. The first-order valence-electron chi connectivity index (χ1n) is 7.83. The van der Waals surface area contributed by atoms with E-state index in [0.29, 0.717) is 22.8 Å². The third-order valence-electron chi connectivity index (χ3n) is 4.09. The summed E-state index contributed by atoms with van der Waals surface area (Å²) in [5, 5.41) is 4.06. The Hall–Kier alpha value is -2.24. The molecule has 23 heavy (non-hydrogen) atoms. The number of nitrogens with one attached hydrogen (secondary N) is 1. The minimum Gasteiger partial charge on any atom is -0.493 e. The topological polar surface area (TPSA) is 69.2 Å². The van der Waals surface area contributed by atoms with Crippen molar-refractivity contribution >= 4 is 12.1 Å². The van der Waals surface area contributed by atoms with Crippen LogP contribution in [0.3, 0.4) is 0 Å². The van der Waals surface area contributed by atoms with Gasteiger partial charge in [-0.15, -0.1) is 0 Å². The molecule has 126 valence electrons. The van der Waals surface area contributed by atoms with Gasteiger partial charge in [-0.05, 0) is 25.0 Å². The lowest BCUT2D eigenvalue weighted by atomic mass is 9.89. The van der Waals surface area contributed by atoms with Gasteiger partial charge in [-0.2, -0.15) is 5.10 Å². The fraction of sp³-hybridized carbons (Fsp3) is 0.529. The van der Waals surface area contributed by atoms with Crippen LogP contribution in [-0.4, -0.2) is 33.5 Å². The summed E-state index contributed by atoms with van der Waals surface area (Å²) in [4.78, 5) is 12.1. The monoisotopic (exact) mass is 320 g/mol. The molecule has 1 aromatic rings. The van der Waals surface area contributed by atoms with Gasteiger partial charge < -0.3 is 14.2 Å². The SMILES string of the molecule is COc1ccc(/C=N/NC(=O)C2CCCCC2)c(OC)c1OC. The fourth-order valence-electron chi connectivity index (χ4n) is 2.85. The Labute approximate surface area is 136 Å². The van der Waals surface area contributed by atoms with Gasteiger partial charge in [0.25, 0.3) is 0 Å². The van der Waals surface area contributed by atoms with Crippen LogP contribution in [-0.2, 0) is 4.79 Å². The Bertz CT molecular complexity index is 566. The number of hydrogen-bond acceptors (Lipinski definition) is 5. The molecular weight excluding hydrogens is 296 g/mol. The molecule has 6 heteroatoms. The van der Waals surface area contributed by atoms with E-state index in [-0.39, 0.29) is 11.8 Å². The molecule has 0 heterocycles. The molecule has 0 atom stereocenters. The number of rotatable bonds is 6. The van der Waals surface area contributed by atoms with Crippen LogP contribution in [0.5, 0.6) is 17.2 Å². The molecule has 1 aliphatic rings. The van der Waals surface area contributed by atoms with Crippen LogP contribution in [0.2, 0.25) is 0 Å². The lowest BCUT2D eigenvalue weighted by molar-refractivity contribution is -0.125. The molecule has 0 bridgehead atoms. The van der Waals surface area contributed by atoms with Crippen LogP contribution >= 0.6 is 0 Å². The van der Waals surface area contributed by atoms with E-state index in [9.17, 15) is 4.79 Å². The largest absolute Gasteiger partial charge is 0.493 e. The maximum Gasteiger partial charge on any atom is 0.243 e. The van der Waals surface area contributed by atoms with Crippen molar-refractivity contribution in [3.05, 3.63) is 17.7 Å². The van der Waals surface area contributed by atoms with Crippen LogP contribution < -0.4 is 19.6 Å². The second-order valence-electron chi connectivity index (χ2n) is 5.49. The smallest absolute Gasteiger partial charge is 0.243 e. The molecule has 0 radical (unpaired) electrons. The van der Waals surface area contributed by atoms with Crippen molar-refractivity contribution in [1.82, 2.24) is 5.43 Å². The molecule has 1 fully saturated rings. The Morgan fingerprint density at radius 3 is 2.39 bits per heavy atom. The van der Waals surface area contributed by atoms with E-state index in [2.05, 4.69) is 10.5 Å². The summed E-state index contributed by atoms with van der Waals surface area (Å²) in [7, 11) is 4.66. The maximum atomic E-state index is 12.1. The zero-order valence-electron chi connectivity index (χ0n) is 13.9. The number of amides is 1. The lowest BCUT2D eigenvalue weighted by Crippen LogP contribution is -2.28. The molecular formula is C17H24N2O4. The maximum absolute atomic E-state index is 12.1. The van der Waals surface area contributed by atoms with E-state index in [0.717, 1.165) is 25.7 Å². The highest BCUT2D eigenvalue weighted by Crippen LogP contribution is 2.38. The van der Waals surface area contributed by atoms with E-state index in [1.54, 1.807) is 39.7 Å². The third-order valence-corrected chi connectivity index (χ3v) is 4.09. The number of carbonyl (C=O) groups excluding carboxylic acids is 1. The van der Waals surface area contributed by atoms with Gasteiger partial charge >= 0.3 is 0 Å².